The zero-order valence-corrected chi connectivity index (χ0v) is 13.6. The van der Waals surface area contributed by atoms with Gasteiger partial charge < -0.3 is 0 Å². The number of hydrogen-bond donors (Lipinski definition) is 0. The van der Waals surface area contributed by atoms with Gasteiger partial charge in [0.15, 0.2) is 0 Å². The smallest absolute Gasteiger partial charge is 0.142 e. The summed E-state index contributed by atoms with van der Waals surface area (Å²) in [4.78, 5) is 0.307. The van der Waals surface area contributed by atoms with Crippen LogP contribution in [0.15, 0.2) is 22.7 Å². The maximum atomic E-state index is 4.26. The van der Waals surface area contributed by atoms with Gasteiger partial charge in [-0.1, -0.05) is 50.1 Å². The highest BCUT2D eigenvalue weighted by Gasteiger charge is 2.13. The zero-order valence-electron chi connectivity index (χ0n) is 9.58. The van der Waals surface area contributed by atoms with Crippen molar-refractivity contribution in [2.75, 3.05) is 0 Å². The molecule has 0 amide bonds. The van der Waals surface area contributed by atoms with E-state index in [9.17, 15) is 0 Å². The molecular formula is C12H12Br2N2S. The Morgan fingerprint density at radius 2 is 2.06 bits per heavy atom. The summed E-state index contributed by atoms with van der Waals surface area (Å²) < 4.78 is 1.08. The average Bonchev–Trinajstić information content (AvgIpc) is 2.76. The van der Waals surface area contributed by atoms with Crippen LogP contribution in [0.1, 0.15) is 28.7 Å². The molecule has 0 aliphatic rings. The van der Waals surface area contributed by atoms with E-state index in [-0.39, 0.29) is 0 Å². The molecule has 0 aliphatic carbocycles. The fourth-order valence-electron chi connectivity index (χ4n) is 1.51. The summed E-state index contributed by atoms with van der Waals surface area (Å²) in [6.07, 6.45) is 1.02. The van der Waals surface area contributed by atoms with Crippen molar-refractivity contribution in [1.82, 2.24) is 10.2 Å². The fraction of sp³-hybridized carbons (Fsp3) is 0.333. The molecule has 1 aromatic heterocycles. The van der Waals surface area contributed by atoms with Gasteiger partial charge >= 0.3 is 0 Å². The van der Waals surface area contributed by atoms with Gasteiger partial charge in [-0.25, -0.2) is 0 Å². The Morgan fingerprint density at radius 1 is 1.29 bits per heavy atom. The molecule has 0 saturated heterocycles. The minimum Gasteiger partial charge on any atom is -0.142 e. The van der Waals surface area contributed by atoms with Crippen LogP contribution >= 0.6 is 43.2 Å². The number of nitrogens with zero attached hydrogens (tertiary/aromatic N) is 2. The van der Waals surface area contributed by atoms with E-state index in [1.807, 2.05) is 0 Å². The molecule has 0 aliphatic heterocycles. The summed E-state index contributed by atoms with van der Waals surface area (Å²) in [5, 5.41) is 10.5. The van der Waals surface area contributed by atoms with Crippen molar-refractivity contribution in [3.8, 4) is 10.6 Å². The maximum absolute atomic E-state index is 4.26. The third-order valence-corrected chi connectivity index (χ3v) is 5.28. The quantitative estimate of drug-likeness (QED) is 0.695. The molecule has 2 rings (SSSR count). The van der Waals surface area contributed by atoms with Gasteiger partial charge in [0.25, 0.3) is 0 Å². The topological polar surface area (TPSA) is 25.8 Å². The summed E-state index contributed by atoms with van der Waals surface area (Å²) in [7, 11) is 0. The van der Waals surface area contributed by atoms with E-state index in [0.29, 0.717) is 4.83 Å². The van der Waals surface area contributed by atoms with Gasteiger partial charge in [-0.15, -0.1) is 10.2 Å². The van der Waals surface area contributed by atoms with Crippen molar-refractivity contribution < 1.29 is 0 Å². The molecule has 0 bridgehead atoms. The molecule has 1 aromatic carbocycles. The van der Waals surface area contributed by atoms with E-state index in [1.165, 1.54) is 5.56 Å². The van der Waals surface area contributed by atoms with Crippen molar-refractivity contribution in [3.63, 3.8) is 0 Å². The number of halogens is 2. The Hall–Kier alpha value is -0.260. The van der Waals surface area contributed by atoms with Crippen LogP contribution in [0.4, 0.5) is 0 Å². The molecule has 0 fully saturated rings. The van der Waals surface area contributed by atoms with E-state index >= 15 is 0 Å². The first-order valence-corrected chi connectivity index (χ1v) is 7.87. The zero-order chi connectivity index (χ0) is 12.4. The highest BCUT2D eigenvalue weighted by molar-refractivity contribution is 9.10. The van der Waals surface area contributed by atoms with Crippen LogP contribution in [0.3, 0.4) is 0 Å². The van der Waals surface area contributed by atoms with E-state index in [4.69, 9.17) is 0 Å². The number of benzene rings is 1. The summed E-state index contributed by atoms with van der Waals surface area (Å²) in [6, 6.07) is 6.29. The first-order chi connectivity index (χ1) is 8.10. The van der Waals surface area contributed by atoms with Crippen LogP contribution in [0, 0.1) is 6.92 Å². The van der Waals surface area contributed by atoms with Crippen LogP contribution in [-0.2, 0) is 0 Å². The minimum absolute atomic E-state index is 0.307. The molecule has 2 nitrogen and oxygen atoms in total. The second-order valence-corrected chi connectivity index (χ2v) is 6.87. The molecule has 0 saturated carbocycles. The molecule has 1 heterocycles. The predicted octanol–water partition coefficient (Wildman–Crippen LogP) is 5.12. The normalized spacial score (nSPS) is 12.7. The molecule has 5 heteroatoms. The molecule has 0 radical (unpaired) electrons. The number of hydrogen-bond acceptors (Lipinski definition) is 3. The molecule has 0 spiro atoms. The fourth-order valence-corrected chi connectivity index (χ4v) is 3.38. The van der Waals surface area contributed by atoms with E-state index in [1.54, 1.807) is 11.3 Å². The van der Waals surface area contributed by atoms with Gasteiger partial charge in [0, 0.05) is 10.0 Å². The summed E-state index contributed by atoms with van der Waals surface area (Å²) in [6.45, 7) is 4.21. The summed E-state index contributed by atoms with van der Waals surface area (Å²) in [5.41, 5.74) is 2.34. The van der Waals surface area contributed by atoms with Gasteiger partial charge in [-0.2, -0.15) is 0 Å². The van der Waals surface area contributed by atoms with Gasteiger partial charge in [0.1, 0.15) is 10.0 Å². The standard InChI is InChI=1S/C12H12Br2N2S/c1-3-10(14)12-16-15-11(17-12)8-4-7(2)5-9(13)6-8/h4-6,10H,3H2,1-2H3. The van der Waals surface area contributed by atoms with Crippen molar-refractivity contribution in [2.24, 2.45) is 0 Å². The Bertz CT molecular complexity index is 505. The lowest BCUT2D eigenvalue weighted by atomic mass is 10.1. The molecule has 90 valence electrons. The number of aryl methyl sites for hydroxylation is 1. The summed E-state index contributed by atoms with van der Waals surface area (Å²) in [5.74, 6) is 0. The summed E-state index contributed by atoms with van der Waals surface area (Å²) >= 11 is 8.75. The Balaban J connectivity index is 2.36. The highest BCUT2D eigenvalue weighted by atomic mass is 79.9. The molecule has 2 aromatic rings. The van der Waals surface area contributed by atoms with E-state index < -0.39 is 0 Å². The van der Waals surface area contributed by atoms with Crippen molar-refractivity contribution in [2.45, 2.75) is 25.1 Å². The Kier molecular flexibility index (Phi) is 4.33. The van der Waals surface area contributed by atoms with Gasteiger partial charge in [0.2, 0.25) is 0 Å². The van der Waals surface area contributed by atoms with Crippen molar-refractivity contribution >= 4 is 43.2 Å². The van der Waals surface area contributed by atoms with Crippen molar-refractivity contribution in [1.29, 1.82) is 0 Å². The molecule has 0 N–H and O–H groups in total. The second kappa shape index (κ2) is 5.59. The molecule has 17 heavy (non-hydrogen) atoms. The van der Waals surface area contributed by atoms with Crippen LogP contribution < -0.4 is 0 Å². The van der Waals surface area contributed by atoms with Crippen molar-refractivity contribution in [3.05, 3.63) is 33.2 Å². The molecule has 1 atom stereocenters. The SMILES string of the molecule is CCC(Br)c1nnc(-c2cc(C)cc(Br)c2)s1. The highest BCUT2D eigenvalue weighted by Crippen LogP contribution is 2.33. The molecule has 1 unspecified atom stereocenters. The van der Waals surface area contributed by atoms with Gasteiger partial charge in [-0.05, 0) is 37.1 Å². The van der Waals surface area contributed by atoms with Crippen LogP contribution in [0.25, 0.3) is 10.6 Å². The number of rotatable bonds is 3. The lowest BCUT2D eigenvalue weighted by molar-refractivity contribution is 0.870. The van der Waals surface area contributed by atoms with Crippen LogP contribution in [-0.4, -0.2) is 10.2 Å². The van der Waals surface area contributed by atoms with E-state index in [0.717, 1.165) is 26.5 Å². The van der Waals surface area contributed by atoms with E-state index in [2.05, 4.69) is 74.1 Å². The lowest BCUT2D eigenvalue weighted by Gasteiger charge is -2.00. The van der Waals surface area contributed by atoms with Gasteiger partial charge in [0.05, 0.1) is 4.83 Å². The monoisotopic (exact) mass is 374 g/mol. The third-order valence-electron chi connectivity index (χ3n) is 2.36. The predicted molar refractivity (Wildman–Crippen MR) is 79.7 cm³/mol. The van der Waals surface area contributed by atoms with Crippen LogP contribution in [0.2, 0.25) is 0 Å². The van der Waals surface area contributed by atoms with Gasteiger partial charge in [-0.3, -0.25) is 0 Å². The maximum Gasteiger partial charge on any atom is 0.147 e. The number of alkyl halides is 1. The minimum atomic E-state index is 0.307. The van der Waals surface area contributed by atoms with Crippen LogP contribution in [0.5, 0.6) is 0 Å². The first kappa shape index (κ1) is 13.2. The molecular weight excluding hydrogens is 364 g/mol. The average molecular weight is 376 g/mol. The Morgan fingerprint density at radius 3 is 2.71 bits per heavy atom. The largest absolute Gasteiger partial charge is 0.147 e. The number of aromatic nitrogens is 2. The second-order valence-electron chi connectivity index (χ2n) is 3.84. The Labute approximate surface area is 122 Å². The lowest BCUT2D eigenvalue weighted by Crippen LogP contribution is -1.85. The first-order valence-electron chi connectivity index (χ1n) is 5.35. The third kappa shape index (κ3) is 3.14.